The number of carbonyl (C=O) groups excluding carboxylic acids is 1. The predicted molar refractivity (Wildman–Crippen MR) is 69.6 cm³/mol. The Morgan fingerprint density at radius 1 is 1.47 bits per heavy atom. The molecule has 0 aliphatic carbocycles. The molecule has 0 aliphatic heterocycles. The first-order chi connectivity index (χ1) is 8.10. The summed E-state index contributed by atoms with van der Waals surface area (Å²) < 4.78 is 5.48. The second kappa shape index (κ2) is 6.70. The molecule has 0 fully saturated rings. The van der Waals surface area contributed by atoms with Crippen molar-refractivity contribution in [1.29, 1.82) is 0 Å². The minimum Gasteiger partial charge on any atom is -0.456 e. The second-order valence-corrected chi connectivity index (χ2v) is 4.63. The molecule has 1 aromatic rings. The maximum absolute atomic E-state index is 12.2. The third-order valence-electron chi connectivity index (χ3n) is 2.64. The van der Waals surface area contributed by atoms with Crippen LogP contribution in [0.3, 0.4) is 0 Å². The van der Waals surface area contributed by atoms with E-state index in [9.17, 15) is 4.79 Å². The fourth-order valence-electron chi connectivity index (χ4n) is 1.65. The van der Waals surface area contributed by atoms with Crippen molar-refractivity contribution >= 4 is 17.5 Å². The first kappa shape index (κ1) is 14.1. The van der Waals surface area contributed by atoms with Gasteiger partial charge in [-0.15, -0.1) is 11.6 Å². The monoisotopic (exact) mass is 257 g/mol. The van der Waals surface area contributed by atoms with Crippen LogP contribution >= 0.6 is 11.6 Å². The van der Waals surface area contributed by atoms with Crippen molar-refractivity contribution in [3.8, 4) is 0 Å². The van der Waals surface area contributed by atoms with Crippen molar-refractivity contribution in [2.45, 2.75) is 39.7 Å². The number of carbonyl (C=O) groups is 1. The molecule has 1 heterocycles. The lowest BCUT2D eigenvalue weighted by molar-refractivity contribution is 0.0672. The van der Waals surface area contributed by atoms with E-state index in [1.165, 1.54) is 0 Å². The average Bonchev–Trinajstić information content (AvgIpc) is 2.77. The fourth-order valence-corrected chi connectivity index (χ4v) is 1.77. The lowest BCUT2D eigenvalue weighted by atomic mass is 10.2. The Kier molecular flexibility index (Phi) is 5.56. The Hall–Kier alpha value is -0.960. The third-order valence-corrected chi connectivity index (χ3v) is 2.91. The van der Waals surface area contributed by atoms with Crippen molar-refractivity contribution in [2.24, 2.45) is 0 Å². The minimum atomic E-state index is -0.0511. The van der Waals surface area contributed by atoms with Crippen LogP contribution in [-0.4, -0.2) is 29.3 Å². The van der Waals surface area contributed by atoms with Gasteiger partial charge in [-0.05, 0) is 32.4 Å². The number of alkyl halides is 1. The molecular weight excluding hydrogens is 238 g/mol. The van der Waals surface area contributed by atoms with Gasteiger partial charge in [0.05, 0.1) is 0 Å². The summed E-state index contributed by atoms with van der Waals surface area (Å²) in [5, 5.41) is 0. The molecule has 17 heavy (non-hydrogen) atoms. The fraction of sp³-hybridized carbons (Fsp3) is 0.615. The number of aryl methyl sites for hydroxylation is 1. The molecule has 1 aromatic heterocycles. The van der Waals surface area contributed by atoms with Crippen LogP contribution in [0.1, 0.15) is 43.5 Å². The summed E-state index contributed by atoms with van der Waals surface area (Å²) in [6.07, 6.45) is 1.60. The molecule has 1 rings (SSSR count). The summed E-state index contributed by atoms with van der Waals surface area (Å²) in [4.78, 5) is 14.0. The van der Waals surface area contributed by atoms with Gasteiger partial charge in [0.25, 0.3) is 5.91 Å². The van der Waals surface area contributed by atoms with Crippen LogP contribution < -0.4 is 0 Å². The number of rotatable bonds is 6. The number of hydrogen-bond acceptors (Lipinski definition) is 2. The van der Waals surface area contributed by atoms with Gasteiger partial charge >= 0.3 is 0 Å². The molecule has 3 nitrogen and oxygen atoms in total. The Bertz CT molecular complexity index is 360. The number of furan rings is 1. The Morgan fingerprint density at radius 2 is 2.18 bits per heavy atom. The van der Waals surface area contributed by atoms with E-state index in [0.717, 1.165) is 18.6 Å². The van der Waals surface area contributed by atoms with Gasteiger partial charge < -0.3 is 9.32 Å². The van der Waals surface area contributed by atoms with Crippen molar-refractivity contribution in [2.75, 3.05) is 12.4 Å². The number of nitrogens with zero attached hydrogens (tertiary/aromatic N) is 1. The summed E-state index contributed by atoms with van der Waals surface area (Å²) in [5.74, 6) is 1.78. The van der Waals surface area contributed by atoms with Crippen LogP contribution in [0.15, 0.2) is 16.5 Å². The molecule has 0 atom stereocenters. The molecule has 0 saturated carbocycles. The zero-order valence-corrected chi connectivity index (χ0v) is 11.5. The predicted octanol–water partition coefficient (Wildman–Crippen LogP) is 3.32. The topological polar surface area (TPSA) is 33.5 Å². The molecule has 4 heteroatoms. The van der Waals surface area contributed by atoms with Crippen molar-refractivity contribution in [1.82, 2.24) is 4.90 Å². The van der Waals surface area contributed by atoms with Crippen LogP contribution in [0, 0.1) is 0 Å². The maximum atomic E-state index is 12.2. The van der Waals surface area contributed by atoms with Gasteiger partial charge in [0.1, 0.15) is 5.76 Å². The molecular formula is C13H20ClNO2. The van der Waals surface area contributed by atoms with E-state index in [-0.39, 0.29) is 11.9 Å². The van der Waals surface area contributed by atoms with Crippen molar-refractivity contribution in [3.63, 3.8) is 0 Å². The van der Waals surface area contributed by atoms with Crippen LogP contribution in [0.4, 0.5) is 0 Å². The standard InChI is InChI=1S/C13H20ClNO2/c1-4-11-6-7-12(17-11)13(16)15(10(2)3)9-5-8-14/h6-7,10H,4-5,8-9H2,1-3H3. The maximum Gasteiger partial charge on any atom is 0.289 e. The largest absolute Gasteiger partial charge is 0.456 e. The number of halogens is 1. The highest BCUT2D eigenvalue weighted by Crippen LogP contribution is 2.13. The van der Waals surface area contributed by atoms with E-state index in [1.807, 2.05) is 26.8 Å². The number of hydrogen-bond donors (Lipinski definition) is 0. The minimum absolute atomic E-state index is 0.0511. The number of amides is 1. The first-order valence-electron chi connectivity index (χ1n) is 6.05. The molecule has 1 amide bonds. The van der Waals surface area contributed by atoms with Crippen molar-refractivity contribution < 1.29 is 9.21 Å². The van der Waals surface area contributed by atoms with Crippen LogP contribution in [0.25, 0.3) is 0 Å². The highest BCUT2D eigenvalue weighted by atomic mass is 35.5. The lowest BCUT2D eigenvalue weighted by Crippen LogP contribution is -2.37. The van der Waals surface area contributed by atoms with E-state index >= 15 is 0 Å². The quantitative estimate of drug-likeness (QED) is 0.733. The highest BCUT2D eigenvalue weighted by Gasteiger charge is 2.21. The van der Waals surface area contributed by atoms with E-state index in [0.29, 0.717) is 18.2 Å². The van der Waals surface area contributed by atoms with Gasteiger partial charge in [-0.25, -0.2) is 0 Å². The molecule has 0 saturated heterocycles. The summed E-state index contributed by atoms with van der Waals surface area (Å²) in [6, 6.07) is 3.76. The Labute approximate surface area is 108 Å². The van der Waals surface area contributed by atoms with E-state index in [1.54, 1.807) is 11.0 Å². The van der Waals surface area contributed by atoms with Gasteiger partial charge in [-0.2, -0.15) is 0 Å². The van der Waals surface area contributed by atoms with Gasteiger partial charge in [-0.3, -0.25) is 4.79 Å². The summed E-state index contributed by atoms with van der Waals surface area (Å²) in [5.41, 5.74) is 0. The van der Waals surface area contributed by atoms with Gasteiger partial charge in [0, 0.05) is 24.9 Å². The summed E-state index contributed by atoms with van der Waals surface area (Å²) in [6.45, 7) is 6.66. The second-order valence-electron chi connectivity index (χ2n) is 4.25. The van der Waals surface area contributed by atoms with Gasteiger partial charge in [-0.1, -0.05) is 6.92 Å². The molecule has 0 N–H and O–H groups in total. The van der Waals surface area contributed by atoms with Crippen LogP contribution in [0.2, 0.25) is 0 Å². The molecule has 0 aromatic carbocycles. The van der Waals surface area contributed by atoms with Crippen molar-refractivity contribution in [3.05, 3.63) is 23.7 Å². The van der Waals surface area contributed by atoms with Gasteiger partial charge in [0.2, 0.25) is 0 Å². The lowest BCUT2D eigenvalue weighted by Gasteiger charge is -2.25. The molecule has 0 aliphatic rings. The van der Waals surface area contributed by atoms with Crippen LogP contribution in [-0.2, 0) is 6.42 Å². The Balaban J connectivity index is 2.76. The van der Waals surface area contributed by atoms with E-state index in [2.05, 4.69) is 0 Å². The molecule has 0 radical (unpaired) electrons. The molecule has 96 valence electrons. The first-order valence-corrected chi connectivity index (χ1v) is 6.59. The normalized spacial score (nSPS) is 10.9. The van der Waals surface area contributed by atoms with Crippen LogP contribution in [0.5, 0.6) is 0 Å². The molecule has 0 bridgehead atoms. The van der Waals surface area contributed by atoms with E-state index in [4.69, 9.17) is 16.0 Å². The zero-order chi connectivity index (χ0) is 12.8. The summed E-state index contributed by atoms with van der Waals surface area (Å²) in [7, 11) is 0. The zero-order valence-electron chi connectivity index (χ0n) is 10.7. The van der Waals surface area contributed by atoms with E-state index < -0.39 is 0 Å². The SMILES string of the molecule is CCc1ccc(C(=O)N(CCCCl)C(C)C)o1. The average molecular weight is 258 g/mol. The smallest absolute Gasteiger partial charge is 0.289 e. The molecule has 0 spiro atoms. The third kappa shape index (κ3) is 3.77. The highest BCUT2D eigenvalue weighted by molar-refractivity contribution is 6.17. The Morgan fingerprint density at radius 3 is 2.65 bits per heavy atom. The summed E-state index contributed by atoms with van der Waals surface area (Å²) >= 11 is 5.67. The van der Waals surface area contributed by atoms with Gasteiger partial charge in [0.15, 0.2) is 5.76 Å². The molecule has 0 unspecified atom stereocenters.